The predicted molar refractivity (Wildman–Crippen MR) is 82.6 cm³/mol. The lowest BCUT2D eigenvalue weighted by molar-refractivity contribution is 0.131. The van der Waals surface area contributed by atoms with Crippen LogP contribution in [0.15, 0.2) is 0 Å². The van der Waals surface area contributed by atoms with Gasteiger partial charge in [0.25, 0.3) is 0 Å². The van der Waals surface area contributed by atoms with Crippen LogP contribution in [0.5, 0.6) is 0 Å². The van der Waals surface area contributed by atoms with Crippen molar-refractivity contribution in [3.63, 3.8) is 0 Å². The largest absolute Gasteiger partial charge is 0.314 e. The highest BCUT2D eigenvalue weighted by Crippen LogP contribution is 2.18. The van der Waals surface area contributed by atoms with Crippen molar-refractivity contribution < 1.29 is 0 Å². The molecule has 0 spiro atoms. The van der Waals surface area contributed by atoms with E-state index in [0.717, 1.165) is 12.1 Å². The maximum absolute atomic E-state index is 3.60. The van der Waals surface area contributed by atoms with E-state index in [9.17, 15) is 0 Å². The van der Waals surface area contributed by atoms with Crippen molar-refractivity contribution in [3.8, 4) is 0 Å². The Morgan fingerprint density at radius 1 is 1.05 bits per heavy atom. The quantitative estimate of drug-likeness (QED) is 0.647. The van der Waals surface area contributed by atoms with Crippen molar-refractivity contribution in [2.24, 2.45) is 0 Å². The van der Waals surface area contributed by atoms with Gasteiger partial charge in [-0.1, -0.05) is 12.8 Å². The second kappa shape index (κ2) is 8.23. The van der Waals surface area contributed by atoms with Crippen molar-refractivity contribution in [3.05, 3.63) is 0 Å². The fraction of sp³-hybridized carbons (Fsp3) is 1.00. The molecule has 1 aliphatic carbocycles. The minimum absolute atomic E-state index is 0.788. The second-order valence-corrected chi connectivity index (χ2v) is 6.70. The third kappa shape index (κ3) is 6.24. The smallest absolute Gasteiger partial charge is 0.0217 e. The van der Waals surface area contributed by atoms with Crippen molar-refractivity contribution in [1.82, 2.24) is 15.1 Å². The van der Waals surface area contributed by atoms with Gasteiger partial charge in [-0.05, 0) is 72.3 Å². The summed E-state index contributed by atoms with van der Waals surface area (Å²) < 4.78 is 0. The molecule has 112 valence electrons. The Labute approximate surface area is 119 Å². The summed E-state index contributed by atoms with van der Waals surface area (Å²) >= 11 is 0. The zero-order valence-electron chi connectivity index (χ0n) is 13.0. The first-order valence-corrected chi connectivity index (χ1v) is 8.38. The zero-order chi connectivity index (χ0) is 13.5. The van der Waals surface area contributed by atoms with Crippen LogP contribution in [0, 0.1) is 0 Å². The Morgan fingerprint density at radius 2 is 1.84 bits per heavy atom. The number of hydrogen-bond donors (Lipinski definition) is 1. The highest BCUT2D eigenvalue weighted by Gasteiger charge is 2.21. The Balaban J connectivity index is 1.43. The summed E-state index contributed by atoms with van der Waals surface area (Å²) in [5.41, 5.74) is 0. The third-order valence-electron chi connectivity index (χ3n) is 4.62. The van der Waals surface area contributed by atoms with E-state index in [1.807, 2.05) is 0 Å². The Bertz CT molecular complexity index is 238. The number of nitrogens with one attached hydrogen (secondary N) is 1. The van der Waals surface area contributed by atoms with E-state index in [1.165, 1.54) is 77.5 Å². The number of unbranched alkanes of at least 4 members (excludes halogenated alkanes) is 3. The molecule has 0 aromatic carbocycles. The molecule has 1 aliphatic heterocycles. The molecular formula is C16H33N3. The van der Waals surface area contributed by atoms with Gasteiger partial charge in [0.2, 0.25) is 0 Å². The van der Waals surface area contributed by atoms with Crippen LogP contribution in [-0.4, -0.2) is 62.2 Å². The molecular weight excluding hydrogens is 234 g/mol. The molecule has 1 unspecified atom stereocenters. The minimum Gasteiger partial charge on any atom is -0.314 e. The normalized spacial score (nSPS) is 25.1. The van der Waals surface area contributed by atoms with Gasteiger partial charge in [-0.15, -0.1) is 0 Å². The number of piperidine rings is 1. The van der Waals surface area contributed by atoms with E-state index in [-0.39, 0.29) is 0 Å². The highest BCUT2D eigenvalue weighted by atomic mass is 15.2. The van der Waals surface area contributed by atoms with Crippen molar-refractivity contribution in [1.29, 1.82) is 0 Å². The Morgan fingerprint density at radius 3 is 2.58 bits per heavy atom. The maximum atomic E-state index is 3.60. The molecule has 0 radical (unpaired) electrons. The summed E-state index contributed by atoms with van der Waals surface area (Å²) in [6, 6.07) is 1.67. The first-order valence-electron chi connectivity index (χ1n) is 8.38. The van der Waals surface area contributed by atoms with Gasteiger partial charge in [0.15, 0.2) is 0 Å². The average Bonchev–Trinajstić information content (AvgIpc) is 3.22. The van der Waals surface area contributed by atoms with Crippen molar-refractivity contribution >= 4 is 0 Å². The minimum atomic E-state index is 0.788. The number of nitrogens with zero attached hydrogens (tertiary/aromatic N) is 2. The van der Waals surface area contributed by atoms with Crippen LogP contribution in [0.4, 0.5) is 0 Å². The van der Waals surface area contributed by atoms with Crippen LogP contribution in [0.25, 0.3) is 0 Å². The lowest BCUT2D eigenvalue weighted by Crippen LogP contribution is -2.45. The molecule has 2 fully saturated rings. The standard InChI is InChI=1S/C16H33N3/c1-18(2)16-8-7-13-19(14-16)12-6-4-3-5-11-17-15-9-10-15/h15-17H,3-14H2,1-2H3. The molecule has 1 saturated heterocycles. The van der Waals surface area contributed by atoms with Crippen LogP contribution < -0.4 is 5.32 Å². The number of likely N-dealkylation sites (tertiary alicyclic amines) is 1. The molecule has 1 N–H and O–H groups in total. The molecule has 19 heavy (non-hydrogen) atoms. The molecule has 1 saturated carbocycles. The summed E-state index contributed by atoms with van der Waals surface area (Å²) in [5, 5.41) is 3.60. The highest BCUT2D eigenvalue weighted by molar-refractivity contribution is 4.80. The van der Waals surface area contributed by atoms with Crippen LogP contribution in [0.1, 0.15) is 51.4 Å². The number of hydrogen-bond acceptors (Lipinski definition) is 3. The van der Waals surface area contributed by atoms with Crippen molar-refractivity contribution in [2.45, 2.75) is 63.5 Å². The van der Waals surface area contributed by atoms with Gasteiger partial charge >= 0.3 is 0 Å². The number of rotatable bonds is 9. The van der Waals surface area contributed by atoms with Crippen LogP contribution in [0.3, 0.4) is 0 Å². The average molecular weight is 267 g/mol. The SMILES string of the molecule is CN(C)C1CCCN(CCCCCCNC2CC2)C1. The van der Waals surface area contributed by atoms with Gasteiger partial charge in [-0.3, -0.25) is 0 Å². The summed E-state index contributed by atoms with van der Waals surface area (Å²) in [6.45, 7) is 5.18. The van der Waals surface area contributed by atoms with Gasteiger partial charge in [-0.2, -0.15) is 0 Å². The Kier molecular flexibility index (Phi) is 6.62. The summed E-state index contributed by atoms with van der Waals surface area (Å²) in [6.07, 6.45) is 11.2. The molecule has 2 aliphatic rings. The van der Waals surface area contributed by atoms with Crippen LogP contribution in [-0.2, 0) is 0 Å². The molecule has 1 atom stereocenters. The summed E-state index contributed by atoms with van der Waals surface area (Å²) in [5.74, 6) is 0. The predicted octanol–water partition coefficient (Wildman–Crippen LogP) is 2.32. The molecule has 0 bridgehead atoms. The van der Waals surface area contributed by atoms with E-state index in [1.54, 1.807) is 0 Å². The summed E-state index contributed by atoms with van der Waals surface area (Å²) in [7, 11) is 4.45. The molecule has 3 nitrogen and oxygen atoms in total. The molecule has 0 aromatic heterocycles. The molecule has 1 heterocycles. The van der Waals surface area contributed by atoms with E-state index in [0.29, 0.717) is 0 Å². The van der Waals surface area contributed by atoms with Crippen molar-refractivity contribution in [2.75, 3.05) is 40.3 Å². The number of likely N-dealkylation sites (N-methyl/N-ethyl adjacent to an activating group) is 1. The van der Waals surface area contributed by atoms with E-state index in [4.69, 9.17) is 0 Å². The first-order chi connectivity index (χ1) is 9.25. The molecule has 0 aromatic rings. The first kappa shape index (κ1) is 15.3. The monoisotopic (exact) mass is 267 g/mol. The van der Waals surface area contributed by atoms with E-state index in [2.05, 4.69) is 29.2 Å². The molecule has 2 rings (SSSR count). The topological polar surface area (TPSA) is 18.5 Å². The molecule has 3 heteroatoms. The van der Waals surface area contributed by atoms with Crippen LogP contribution >= 0.6 is 0 Å². The lowest BCUT2D eigenvalue weighted by Gasteiger charge is -2.36. The van der Waals surface area contributed by atoms with E-state index < -0.39 is 0 Å². The van der Waals surface area contributed by atoms with Gasteiger partial charge < -0.3 is 15.1 Å². The van der Waals surface area contributed by atoms with Gasteiger partial charge in [0, 0.05) is 18.6 Å². The molecule has 0 amide bonds. The zero-order valence-corrected chi connectivity index (χ0v) is 13.0. The fourth-order valence-corrected chi connectivity index (χ4v) is 3.06. The fourth-order valence-electron chi connectivity index (χ4n) is 3.06. The second-order valence-electron chi connectivity index (χ2n) is 6.70. The maximum Gasteiger partial charge on any atom is 0.0217 e. The summed E-state index contributed by atoms with van der Waals surface area (Å²) in [4.78, 5) is 5.08. The Hall–Kier alpha value is -0.120. The van der Waals surface area contributed by atoms with Crippen LogP contribution in [0.2, 0.25) is 0 Å². The van der Waals surface area contributed by atoms with E-state index >= 15 is 0 Å². The van der Waals surface area contributed by atoms with Gasteiger partial charge in [0.05, 0.1) is 0 Å². The lowest BCUT2D eigenvalue weighted by atomic mass is 10.0. The van der Waals surface area contributed by atoms with Gasteiger partial charge in [0.1, 0.15) is 0 Å². The third-order valence-corrected chi connectivity index (χ3v) is 4.62. The van der Waals surface area contributed by atoms with Gasteiger partial charge in [-0.25, -0.2) is 0 Å².